The Bertz CT molecular complexity index is 1090. The van der Waals surface area contributed by atoms with Crippen LogP contribution in [0.1, 0.15) is 43.0 Å². The summed E-state index contributed by atoms with van der Waals surface area (Å²) in [5.74, 6) is -1.66. The van der Waals surface area contributed by atoms with Crippen molar-refractivity contribution in [1.82, 2.24) is 15.5 Å². The molecule has 0 spiro atoms. The molecule has 3 rings (SSSR count). The molecule has 0 radical (unpaired) electrons. The minimum absolute atomic E-state index is 0.0906. The lowest BCUT2D eigenvalue weighted by Gasteiger charge is -2.23. The molecule has 2 unspecified atom stereocenters. The highest BCUT2D eigenvalue weighted by Crippen LogP contribution is 2.29. The number of carbonyl (C=O) groups excluding carboxylic acids is 4. The predicted octanol–water partition coefficient (Wildman–Crippen LogP) is 2.14. The van der Waals surface area contributed by atoms with Crippen LogP contribution in [0.15, 0.2) is 54.6 Å². The van der Waals surface area contributed by atoms with E-state index in [1.54, 1.807) is 62.4 Å². The number of imide groups is 1. The predicted molar refractivity (Wildman–Crippen MR) is 117 cm³/mol. The second-order valence-electron chi connectivity index (χ2n) is 7.68. The van der Waals surface area contributed by atoms with Gasteiger partial charge >= 0.3 is 12.0 Å². The Labute approximate surface area is 191 Å². The van der Waals surface area contributed by atoms with Crippen LogP contribution in [-0.4, -0.2) is 41.9 Å². The minimum Gasteiger partial charge on any atom is -0.466 e. The Morgan fingerprint density at radius 1 is 1.15 bits per heavy atom. The summed E-state index contributed by atoms with van der Waals surface area (Å²) in [6.07, 6.45) is -0.0906. The zero-order chi connectivity index (χ0) is 24.0. The van der Waals surface area contributed by atoms with E-state index in [1.807, 2.05) is 12.1 Å². The molecule has 2 atom stereocenters. The number of ether oxygens (including phenoxy) is 1. The Morgan fingerprint density at radius 2 is 1.82 bits per heavy atom. The van der Waals surface area contributed by atoms with Gasteiger partial charge in [-0.1, -0.05) is 42.5 Å². The van der Waals surface area contributed by atoms with E-state index in [9.17, 15) is 19.2 Å². The topological polar surface area (TPSA) is 129 Å². The van der Waals surface area contributed by atoms with Crippen LogP contribution >= 0.6 is 0 Å². The van der Waals surface area contributed by atoms with Gasteiger partial charge in [-0.2, -0.15) is 5.26 Å². The number of hydrogen-bond donors (Lipinski definition) is 2. The highest BCUT2D eigenvalue weighted by Gasteiger charge is 2.49. The number of esters is 1. The fourth-order valence-corrected chi connectivity index (χ4v) is 3.62. The average molecular weight is 448 g/mol. The van der Waals surface area contributed by atoms with Crippen molar-refractivity contribution >= 4 is 23.8 Å². The SMILES string of the molecule is CCOC(=O)CC(NC(=O)CN1C(=O)NC(C)(c2ccc(C#N)cc2)C1=O)c1ccccc1. The van der Waals surface area contributed by atoms with Crippen molar-refractivity contribution in [2.45, 2.75) is 31.8 Å². The number of hydrogen-bond acceptors (Lipinski definition) is 6. The molecule has 170 valence electrons. The summed E-state index contributed by atoms with van der Waals surface area (Å²) >= 11 is 0. The number of nitriles is 1. The summed E-state index contributed by atoms with van der Waals surface area (Å²) in [4.78, 5) is 51.2. The molecule has 0 aliphatic carbocycles. The van der Waals surface area contributed by atoms with Gasteiger partial charge in [0.1, 0.15) is 12.1 Å². The second-order valence-corrected chi connectivity index (χ2v) is 7.68. The van der Waals surface area contributed by atoms with Crippen LogP contribution in [-0.2, 0) is 24.7 Å². The fraction of sp³-hybridized carbons (Fsp3) is 0.292. The van der Waals surface area contributed by atoms with Crippen LogP contribution in [0.4, 0.5) is 4.79 Å². The molecule has 0 aromatic heterocycles. The van der Waals surface area contributed by atoms with Gasteiger partial charge in [-0.3, -0.25) is 19.3 Å². The maximum atomic E-state index is 13.1. The molecule has 4 amide bonds. The third kappa shape index (κ3) is 5.18. The number of urea groups is 1. The number of nitrogens with one attached hydrogen (secondary N) is 2. The van der Waals surface area contributed by atoms with Gasteiger partial charge in [0.15, 0.2) is 0 Å². The fourth-order valence-electron chi connectivity index (χ4n) is 3.62. The third-order valence-corrected chi connectivity index (χ3v) is 5.38. The van der Waals surface area contributed by atoms with Crippen LogP contribution in [0.25, 0.3) is 0 Å². The molecule has 0 bridgehead atoms. The zero-order valence-corrected chi connectivity index (χ0v) is 18.3. The van der Waals surface area contributed by atoms with Crippen molar-refractivity contribution in [3.05, 3.63) is 71.3 Å². The minimum atomic E-state index is -1.37. The summed E-state index contributed by atoms with van der Waals surface area (Å²) in [5, 5.41) is 14.3. The largest absolute Gasteiger partial charge is 0.466 e. The molecule has 33 heavy (non-hydrogen) atoms. The molecule has 9 nitrogen and oxygen atoms in total. The summed E-state index contributed by atoms with van der Waals surface area (Å²) in [6.45, 7) is 2.93. The summed E-state index contributed by atoms with van der Waals surface area (Å²) < 4.78 is 5.00. The maximum Gasteiger partial charge on any atom is 0.325 e. The molecule has 0 saturated carbocycles. The summed E-state index contributed by atoms with van der Waals surface area (Å²) in [5.41, 5.74) is 0.240. The molecular weight excluding hydrogens is 424 g/mol. The number of carbonyl (C=O) groups is 4. The van der Waals surface area contributed by atoms with Crippen molar-refractivity contribution in [2.24, 2.45) is 0 Å². The quantitative estimate of drug-likeness (QED) is 0.470. The van der Waals surface area contributed by atoms with Gasteiger partial charge in [-0.05, 0) is 37.1 Å². The first kappa shape index (κ1) is 23.5. The molecule has 2 aromatic rings. The molecule has 1 heterocycles. The van der Waals surface area contributed by atoms with Gasteiger partial charge in [0.25, 0.3) is 5.91 Å². The average Bonchev–Trinajstić information content (AvgIpc) is 3.03. The molecule has 1 fully saturated rings. The summed E-state index contributed by atoms with van der Waals surface area (Å²) in [7, 11) is 0. The van der Waals surface area contributed by atoms with Crippen molar-refractivity contribution in [3.63, 3.8) is 0 Å². The number of amides is 4. The standard InChI is InChI=1S/C24H24N4O5/c1-3-33-21(30)13-19(17-7-5-4-6-8-17)26-20(29)15-28-22(31)24(2,27-23(28)32)18-11-9-16(14-25)10-12-18/h4-12,19H,3,13,15H2,1-2H3,(H,26,29)(H,27,32). The lowest BCUT2D eigenvalue weighted by atomic mass is 9.91. The molecule has 1 aliphatic rings. The highest BCUT2D eigenvalue weighted by molar-refractivity contribution is 6.09. The lowest BCUT2D eigenvalue weighted by molar-refractivity contribution is -0.144. The normalized spacial score (nSPS) is 18.3. The molecule has 2 aromatic carbocycles. The van der Waals surface area contributed by atoms with Crippen molar-refractivity contribution in [3.8, 4) is 6.07 Å². The van der Waals surface area contributed by atoms with Crippen molar-refractivity contribution < 1.29 is 23.9 Å². The van der Waals surface area contributed by atoms with Crippen molar-refractivity contribution in [2.75, 3.05) is 13.2 Å². The van der Waals surface area contributed by atoms with E-state index in [0.29, 0.717) is 16.7 Å². The Kier molecular flexibility index (Phi) is 7.08. The Hall–Kier alpha value is -4.19. The zero-order valence-electron chi connectivity index (χ0n) is 18.3. The van der Waals surface area contributed by atoms with Gasteiger partial charge in [0, 0.05) is 0 Å². The van der Waals surface area contributed by atoms with E-state index in [0.717, 1.165) is 4.90 Å². The van der Waals surface area contributed by atoms with Gasteiger partial charge in [0.05, 0.1) is 30.7 Å². The van der Waals surface area contributed by atoms with Gasteiger partial charge in [-0.15, -0.1) is 0 Å². The van der Waals surface area contributed by atoms with Crippen molar-refractivity contribution in [1.29, 1.82) is 5.26 Å². The van der Waals surface area contributed by atoms with E-state index in [1.165, 1.54) is 0 Å². The van der Waals surface area contributed by atoms with E-state index < -0.39 is 41.9 Å². The number of rotatable bonds is 8. The lowest BCUT2D eigenvalue weighted by Crippen LogP contribution is -2.44. The highest BCUT2D eigenvalue weighted by atomic mass is 16.5. The van der Waals surface area contributed by atoms with Gasteiger partial charge in [0.2, 0.25) is 5.91 Å². The van der Waals surface area contributed by atoms with E-state index in [4.69, 9.17) is 10.00 Å². The van der Waals surface area contributed by atoms with Crippen LogP contribution in [0.2, 0.25) is 0 Å². The maximum absolute atomic E-state index is 13.1. The number of nitrogens with zero attached hydrogens (tertiary/aromatic N) is 2. The Balaban J connectivity index is 1.73. The first-order valence-corrected chi connectivity index (χ1v) is 10.4. The van der Waals surface area contributed by atoms with Crippen LogP contribution < -0.4 is 10.6 Å². The number of benzene rings is 2. The second kappa shape index (κ2) is 9.96. The molecule has 1 saturated heterocycles. The summed E-state index contributed by atoms with van der Waals surface area (Å²) in [6, 6.07) is 15.8. The van der Waals surface area contributed by atoms with E-state index in [2.05, 4.69) is 10.6 Å². The monoisotopic (exact) mass is 448 g/mol. The van der Waals surface area contributed by atoms with Crippen LogP contribution in [0.3, 0.4) is 0 Å². The van der Waals surface area contributed by atoms with Crippen LogP contribution in [0, 0.1) is 11.3 Å². The molecule has 9 heteroatoms. The molecule has 1 aliphatic heterocycles. The molecule has 2 N–H and O–H groups in total. The first-order valence-electron chi connectivity index (χ1n) is 10.4. The van der Waals surface area contributed by atoms with E-state index in [-0.39, 0.29) is 13.0 Å². The first-order chi connectivity index (χ1) is 15.8. The Morgan fingerprint density at radius 3 is 2.42 bits per heavy atom. The van der Waals surface area contributed by atoms with Gasteiger partial charge in [-0.25, -0.2) is 4.79 Å². The van der Waals surface area contributed by atoms with Gasteiger partial charge < -0.3 is 15.4 Å². The van der Waals surface area contributed by atoms with E-state index >= 15 is 0 Å². The molecular formula is C24H24N4O5. The third-order valence-electron chi connectivity index (χ3n) is 5.38. The van der Waals surface area contributed by atoms with Crippen LogP contribution in [0.5, 0.6) is 0 Å². The smallest absolute Gasteiger partial charge is 0.325 e.